The molecule has 1 saturated heterocycles. The molecule has 1 fully saturated rings. The first kappa shape index (κ1) is 17.6. The van der Waals surface area contributed by atoms with Gasteiger partial charge >= 0.3 is 12.1 Å². The van der Waals surface area contributed by atoms with Crippen LogP contribution in [0.5, 0.6) is 0 Å². The summed E-state index contributed by atoms with van der Waals surface area (Å²) in [5, 5.41) is 0. The molecule has 0 aromatic heterocycles. The standard InChI is InChI=1S/C22H23NO4/c1-14(2)11-20-21(24)27-13-23(20)22(25)26-12-19-17-9-5-3-7-15(17)16-8-4-6-10-18(16)19/h3-10,14,19-20H,11-13H2,1-2H3. The number of hydrogen-bond donors (Lipinski definition) is 0. The predicted molar refractivity (Wildman–Crippen MR) is 101 cm³/mol. The molecule has 0 saturated carbocycles. The molecule has 0 N–H and O–H groups in total. The second kappa shape index (κ2) is 7.06. The Morgan fingerprint density at radius 1 is 1.11 bits per heavy atom. The highest BCUT2D eigenvalue weighted by molar-refractivity contribution is 5.84. The molecule has 4 rings (SSSR count). The fraction of sp³-hybridized carbons (Fsp3) is 0.364. The third-order valence-electron chi connectivity index (χ3n) is 5.26. The summed E-state index contributed by atoms with van der Waals surface area (Å²) in [5.41, 5.74) is 4.70. The second-order valence-corrected chi connectivity index (χ2v) is 7.51. The molecule has 2 aliphatic rings. The Hall–Kier alpha value is -2.82. The second-order valence-electron chi connectivity index (χ2n) is 7.51. The topological polar surface area (TPSA) is 55.8 Å². The Bertz CT molecular complexity index is 831. The fourth-order valence-electron chi connectivity index (χ4n) is 3.97. The van der Waals surface area contributed by atoms with E-state index in [2.05, 4.69) is 24.3 Å². The van der Waals surface area contributed by atoms with Gasteiger partial charge in [0.1, 0.15) is 12.6 Å². The van der Waals surface area contributed by atoms with Gasteiger partial charge < -0.3 is 9.47 Å². The first-order valence-electron chi connectivity index (χ1n) is 9.34. The van der Waals surface area contributed by atoms with Gasteiger partial charge in [0.25, 0.3) is 0 Å². The van der Waals surface area contributed by atoms with Crippen molar-refractivity contribution in [3.63, 3.8) is 0 Å². The van der Waals surface area contributed by atoms with Crippen molar-refractivity contribution < 1.29 is 19.1 Å². The molecule has 140 valence electrons. The van der Waals surface area contributed by atoms with Crippen molar-refractivity contribution in [2.24, 2.45) is 5.92 Å². The molecule has 0 spiro atoms. The predicted octanol–water partition coefficient (Wildman–Crippen LogP) is 4.17. The van der Waals surface area contributed by atoms with Crippen molar-refractivity contribution in [1.29, 1.82) is 0 Å². The van der Waals surface area contributed by atoms with Crippen molar-refractivity contribution in [1.82, 2.24) is 4.90 Å². The highest BCUT2D eigenvalue weighted by Crippen LogP contribution is 2.44. The molecule has 1 atom stereocenters. The van der Waals surface area contributed by atoms with Crippen LogP contribution in [0, 0.1) is 5.92 Å². The van der Waals surface area contributed by atoms with Crippen molar-refractivity contribution in [2.45, 2.75) is 32.2 Å². The van der Waals surface area contributed by atoms with Crippen LogP contribution in [-0.2, 0) is 14.3 Å². The molecule has 1 amide bonds. The summed E-state index contributed by atoms with van der Waals surface area (Å²) in [7, 11) is 0. The molecule has 1 aliphatic heterocycles. The molecule has 5 nitrogen and oxygen atoms in total. The van der Waals surface area contributed by atoms with Crippen LogP contribution in [0.3, 0.4) is 0 Å². The summed E-state index contributed by atoms with van der Waals surface area (Å²) in [6, 6.07) is 15.9. The summed E-state index contributed by atoms with van der Waals surface area (Å²) in [6.07, 6.45) is 0.0802. The molecule has 0 bridgehead atoms. The van der Waals surface area contributed by atoms with Crippen molar-refractivity contribution in [3.8, 4) is 11.1 Å². The van der Waals surface area contributed by atoms with Crippen LogP contribution in [0.25, 0.3) is 11.1 Å². The van der Waals surface area contributed by atoms with Crippen molar-refractivity contribution >= 4 is 12.1 Å². The molecule has 2 aromatic rings. The van der Waals surface area contributed by atoms with Gasteiger partial charge in [-0.3, -0.25) is 4.90 Å². The van der Waals surface area contributed by atoms with Crippen LogP contribution >= 0.6 is 0 Å². The number of nitrogens with zero attached hydrogens (tertiary/aromatic N) is 1. The van der Waals surface area contributed by atoms with Gasteiger partial charge in [-0.05, 0) is 34.6 Å². The number of amides is 1. The molecule has 5 heteroatoms. The van der Waals surface area contributed by atoms with E-state index in [1.54, 1.807) is 0 Å². The average Bonchev–Trinajstić information content (AvgIpc) is 3.18. The number of benzene rings is 2. The molecule has 1 aliphatic carbocycles. The number of hydrogen-bond acceptors (Lipinski definition) is 4. The zero-order chi connectivity index (χ0) is 19.0. The lowest BCUT2D eigenvalue weighted by atomic mass is 9.98. The van der Waals surface area contributed by atoms with Crippen LogP contribution in [0.1, 0.15) is 37.3 Å². The molecular weight excluding hydrogens is 342 g/mol. The fourth-order valence-corrected chi connectivity index (χ4v) is 3.97. The van der Waals surface area contributed by atoms with E-state index in [1.165, 1.54) is 27.2 Å². The molecule has 27 heavy (non-hydrogen) atoms. The van der Waals surface area contributed by atoms with Crippen molar-refractivity contribution in [2.75, 3.05) is 13.3 Å². The first-order valence-corrected chi connectivity index (χ1v) is 9.34. The summed E-state index contributed by atoms with van der Waals surface area (Å²) in [5.74, 6) is -0.0640. The Balaban J connectivity index is 1.50. The molecule has 1 heterocycles. The maximum Gasteiger partial charge on any atom is 0.413 e. The van der Waals surface area contributed by atoms with E-state index in [4.69, 9.17) is 9.47 Å². The molecular formula is C22H23NO4. The third-order valence-corrected chi connectivity index (χ3v) is 5.26. The van der Waals surface area contributed by atoms with Crippen LogP contribution < -0.4 is 0 Å². The van der Waals surface area contributed by atoms with Gasteiger partial charge in [-0.2, -0.15) is 0 Å². The highest BCUT2D eigenvalue weighted by atomic mass is 16.6. The monoisotopic (exact) mass is 365 g/mol. The van der Waals surface area contributed by atoms with Gasteiger partial charge in [0.05, 0.1) is 0 Å². The Kier molecular flexibility index (Phi) is 4.60. The van der Waals surface area contributed by atoms with Gasteiger partial charge in [0.15, 0.2) is 6.73 Å². The Labute approximate surface area is 158 Å². The Morgan fingerprint density at radius 3 is 2.30 bits per heavy atom. The number of esters is 1. The van der Waals surface area contributed by atoms with E-state index in [9.17, 15) is 9.59 Å². The summed E-state index contributed by atoms with van der Waals surface area (Å²) < 4.78 is 10.7. The minimum absolute atomic E-state index is 0.00382. The van der Waals surface area contributed by atoms with E-state index >= 15 is 0 Å². The van der Waals surface area contributed by atoms with E-state index in [1.807, 2.05) is 38.1 Å². The molecule has 2 aromatic carbocycles. The van der Waals surface area contributed by atoms with Gasteiger partial charge in [-0.15, -0.1) is 0 Å². The maximum absolute atomic E-state index is 12.6. The van der Waals surface area contributed by atoms with Crippen molar-refractivity contribution in [3.05, 3.63) is 59.7 Å². The number of carbonyl (C=O) groups is 2. The number of rotatable bonds is 4. The quantitative estimate of drug-likeness (QED) is 0.763. The van der Waals surface area contributed by atoms with Crippen LogP contribution in [0.2, 0.25) is 0 Å². The van der Waals surface area contributed by atoms with Gasteiger partial charge in [0, 0.05) is 5.92 Å². The number of cyclic esters (lactones) is 1. The van der Waals surface area contributed by atoms with Gasteiger partial charge in [-0.25, -0.2) is 9.59 Å². The van der Waals surface area contributed by atoms with E-state index in [0.29, 0.717) is 6.42 Å². The van der Waals surface area contributed by atoms with Crippen LogP contribution in [0.4, 0.5) is 4.79 Å². The largest absolute Gasteiger partial charge is 0.448 e. The van der Waals surface area contributed by atoms with E-state index in [-0.39, 0.29) is 31.1 Å². The lowest BCUT2D eigenvalue weighted by molar-refractivity contribution is -0.139. The van der Waals surface area contributed by atoms with E-state index < -0.39 is 12.1 Å². The molecule has 1 unspecified atom stereocenters. The summed E-state index contributed by atoms with van der Waals surface area (Å²) in [4.78, 5) is 26.0. The smallest absolute Gasteiger partial charge is 0.413 e. The average molecular weight is 365 g/mol. The maximum atomic E-state index is 12.6. The van der Waals surface area contributed by atoms with Crippen LogP contribution in [0.15, 0.2) is 48.5 Å². The summed E-state index contributed by atoms with van der Waals surface area (Å²) >= 11 is 0. The highest BCUT2D eigenvalue weighted by Gasteiger charge is 2.39. The zero-order valence-electron chi connectivity index (χ0n) is 15.6. The number of carbonyl (C=O) groups excluding carboxylic acids is 2. The third kappa shape index (κ3) is 3.18. The molecule has 0 radical (unpaired) electrons. The lowest BCUT2D eigenvalue weighted by Gasteiger charge is -2.22. The zero-order valence-corrected chi connectivity index (χ0v) is 15.6. The number of fused-ring (bicyclic) bond motifs is 3. The number of ether oxygens (including phenoxy) is 2. The summed E-state index contributed by atoms with van der Waals surface area (Å²) in [6.45, 7) is 4.24. The lowest BCUT2D eigenvalue weighted by Crippen LogP contribution is -2.39. The first-order chi connectivity index (χ1) is 13.1. The Morgan fingerprint density at radius 2 is 1.70 bits per heavy atom. The SMILES string of the molecule is CC(C)CC1C(=O)OCN1C(=O)OCC1c2ccccc2-c2ccccc21. The minimum atomic E-state index is -0.555. The minimum Gasteiger partial charge on any atom is -0.448 e. The normalized spacial score (nSPS) is 18.4. The van der Waals surface area contributed by atoms with Gasteiger partial charge in [0.2, 0.25) is 0 Å². The van der Waals surface area contributed by atoms with Gasteiger partial charge in [-0.1, -0.05) is 62.4 Å². The van der Waals surface area contributed by atoms with E-state index in [0.717, 1.165) is 0 Å². The van der Waals surface area contributed by atoms with Crippen LogP contribution in [-0.4, -0.2) is 36.3 Å².